The van der Waals surface area contributed by atoms with E-state index < -0.39 is 0 Å². The molecule has 0 radical (unpaired) electrons. The number of ether oxygens (including phenoxy) is 1. The van der Waals surface area contributed by atoms with Crippen molar-refractivity contribution < 1.29 is 25.8 Å². The Balaban J connectivity index is 0.00000608. The third-order valence-electron chi connectivity index (χ3n) is 13.1. The number of pyridine rings is 4. The summed E-state index contributed by atoms with van der Waals surface area (Å²) >= 11 is 0. The van der Waals surface area contributed by atoms with Gasteiger partial charge in [0.2, 0.25) is 0 Å². The summed E-state index contributed by atoms with van der Waals surface area (Å²) in [6.45, 7) is 29.0. The van der Waals surface area contributed by atoms with Gasteiger partial charge in [-0.2, -0.15) is 12.1 Å². The molecule has 1 aliphatic heterocycles. The molecule has 0 aliphatic carbocycles. The minimum atomic E-state index is -0.176. The van der Waals surface area contributed by atoms with Gasteiger partial charge in [0.1, 0.15) is 11.6 Å². The van der Waals surface area contributed by atoms with Crippen molar-refractivity contribution in [2.75, 3.05) is 9.80 Å². The second-order valence-corrected chi connectivity index (χ2v) is 22.3. The van der Waals surface area contributed by atoms with Crippen LogP contribution < -0.4 is 14.5 Å². The molecule has 0 N–H and O–H groups in total. The van der Waals surface area contributed by atoms with Crippen molar-refractivity contribution in [3.05, 3.63) is 181 Å². The number of hydrogen-bond donors (Lipinski definition) is 0. The second kappa shape index (κ2) is 18.0. The fourth-order valence-corrected chi connectivity index (χ4v) is 9.09. The van der Waals surface area contributed by atoms with E-state index in [0.717, 1.165) is 73.0 Å². The maximum atomic E-state index is 6.70. The topological polar surface area (TPSA) is 72.2 Å². The van der Waals surface area contributed by atoms with Crippen LogP contribution in [0.5, 0.6) is 11.5 Å². The summed E-state index contributed by atoms with van der Waals surface area (Å²) < 4.78 is 8.88. The maximum Gasteiger partial charge on any atom is 0.135 e. The molecule has 0 fully saturated rings. The molecule has 5 aromatic heterocycles. The fourth-order valence-electron chi connectivity index (χ4n) is 9.09. The molecular weight excluding hydrogens is 1040 g/mol. The number of rotatable bonds is 7. The molecule has 0 spiro atoms. The SMILES string of the molecule is CC(C)(C)c1ccnc(-c2cc(C(C)(C)C)cc(-c3cc(C(C)(C)C)ccn3)c2N2[CH-]N(c3[c-]c(Oc4[c-]c5c(cc4)c4ccccc4n5-c4cc(C(C)(C)C)ccn4)ccc3)c3cccnc32)c1.[Pt]. The first-order chi connectivity index (χ1) is 32.7. The minimum absolute atomic E-state index is 0. The molecule has 70 heavy (non-hydrogen) atoms. The smallest absolute Gasteiger partial charge is 0.135 e. The van der Waals surface area contributed by atoms with Crippen LogP contribution in [0, 0.1) is 18.8 Å². The number of aromatic nitrogens is 5. The molecule has 0 saturated heterocycles. The number of benzene rings is 4. The summed E-state index contributed by atoms with van der Waals surface area (Å²) in [6, 6.07) is 47.5. The van der Waals surface area contributed by atoms with Crippen LogP contribution in [0.15, 0.2) is 140 Å². The average Bonchev–Trinajstić information content (AvgIpc) is 3.86. The van der Waals surface area contributed by atoms with Crippen molar-refractivity contribution in [2.24, 2.45) is 0 Å². The van der Waals surface area contributed by atoms with Gasteiger partial charge in [0.25, 0.3) is 0 Å². The van der Waals surface area contributed by atoms with Gasteiger partial charge in [0.15, 0.2) is 0 Å². The van der Waals surface area contributed by atoms with Gasteiger partial charge in [-0.25, -0.2) is 9.97 Å². The zero-order chi connectivity index (χ0) is 48.6. The predicted molar refractivity (Wildman–Crippen MR) is 283 cm³/mol. The van der Waals surface area contributed by atoms with Crippen LogP contribution in [0.3, 0.4) is 0 Å². The van der Waals surface area contributed by atoms with Crippen LogP contribution in [-0.4, -0.2) is 24.5 Å². The molecular formula is C61H60N7OPt-3. The number of fused-ring (bicyclic) bond motifs is 4. The van der Waals surface area contributed by atoms with Gasteiger partial charge < -0.3 is 19.1 Å². The molecule has 9 heteroatoms. The first kappa shape index (κ1) is 48.4. The molecule has 358 valence electrons. The van der Waals surface area contributed by atoms with E-state index in [2.05, 4.69) is 207 Å². The average molecular weight is 1100 g/mol. The maximum absolute atomic E-state index is 6.70. The normalized spacial score (nSPS) is 13.2. The van der Waals surface area contributed by atoms with E-state index in [0.29, 0.717) is 11.5 Å². The summed E-state index contributed by atoms with van der Waals surface area (Å²) in [7, 11) is 0. The Morgan fingerprint density at radius 1 is 0.486 bits per heavy atom. The van der Waals surface area contributed by atoms with E-state index in [-0.39, 0.29) is 42.7 Å². The molecule has 6 heterocycles. The molecule has 0 amide bonds. The molecule has 0 saturated carbocycles. The van der Waals surface area contributed by atoms with Crippen LogP contribution >= 0.6 is 0 Å². The van der Waals surface area contributed by atoms with Gasteiger partial charge in [-0.05, 0) is 116 Å². The summed E-state index contributed by atoms with van der Waals surface area (Å²) in [5.41, 5.74) is 12.7. The zero-order valence-corrected chi connectivity index (χ0v) is 44.5. The van der Waals surface area contributed by atoms with Crippen molar-refractivity contribution in [1.82, 2.24) is 24.5 Å². The summed E-state index contributed by atoms with van der Waals surface area (Å²) in [5.74, 6) is 2.74. The van der Waals surface area contributed by atoms with Crippen molar-refractivity contribution in [3.8, 4) is 39.8 Å². The van der Waals surface area contributed by atoms with E-state index in [9.17, 15) is 0 Å². The first-order valence-corrected chi connectivity index (χ1v) is 23.9. The van der Waals surface area contributed by atoms with Crippen molar-refractivity contribution in [3.63, 3.8) is 0 Å². The molecule has 1 aliphatic rings. The van der Waals surface area contributed by atoms with E-state index in [1.54, 1.807) is 0 Å². The van der Waals surface area contributed by atoms with Crippen molar-refractivity contribution >= 4 is 44.7 Å². The van der Waals surface area contributed by atoms with Crippen LogP contribution in [0.1, 0.15) is 105 Å². The molecule has 4 aromatic carbocycles. The molecule has 10 rings (SSSR count). The number of hydrogen-bond acceptors (Lipinski definition) is 7. The zero-order valence-electron chi connectivity index (χ0n) is 42.2. The van der Waals surface area contributed by atoms with Crippen LogP contribution in [0.2, 0.25) is 0 Å². The summed E-state index contributed by atoms with van der Waals surface area (Å²) in [6.07, 6.45) is 7.62. The Bertz CT molecular complexity index is 3340. The summed E-state index contributed by atoms with van der Waals surface area (Å²) in [4.78, 5) is 24.5. The quantitative estimate of drug-likeness (QED) is 0.147. The Labute approximate surface area is 428 Å². The van der Waals surface area contributed by atoms with Gasteiger partial charge in [0, 0.05) is 79.7 Å². The van der Waals surface area contributed by atoms with Crippen LogP contribution in [0.4, 0.5) is 22.9 Å². The monoisotopic (exact) mass is 1100 g/mol. The molecule has 0 atom stereocenters. The van der Waals surface area contributed by atoms with Gasteiger partial charge >= 0.3 is 0 Å². The Morgan fingerprint density at radius 3 is 1.70 bits per heavy atom. The number of anilines is 4. The van der Waals surface area contributed by atoms with Gasteiger partial charge in [-0.1, -0.05) is 107 Å². The summed E-state index contributed by atoms with van der Waals surface area (Å²) in [5, 5.41) is 2.20. The Morgan fingerprint density at radius 2 is 1.07 bits per heavy atom. The van der Waals surface area contributed by atoms with Crippen molar-refractivity contribution in [2.45, 2.75) is 105 Å². The third kappa shape index (κ3) is 9.15. The van der Waals surface area contributed by atoms with E-state index >= 15 is 0 Å². The predicted octanol–water partition coefficient (Wildman–Crippen LogP) is 15.7. The molecule has 0 unspecified atom stereocenters. The van der Waals surface area contributed by atoms with Gasteiger partial charge in [-0.3, -0.25) is 9.97 Å². The third-order valence-corrected chi connectivity index (χ3v) is 13.1. The first-order valence-electron chi connectivity index (χ1n) is 23.9. The number of nitrogens with zero attached hydrogens (tertiary/aromatic N) is 7. The standard InChI is InChI=1S/C61H60N7O.Pt/c1-58(2,3)39-24-28-62-50(33-39)48-31-42(61(10,11)12)32-49(51-34-40(25-29-63-51)59(4,5)6)56(48)67-38-66(53-21-16-27-65-57(53)67)43-17-15-18-44(36-43)69-45-22-23-47-46-19-13-14-20-52(46)68(54(47)37-45)55-35-41(26-30-64-55)60(7,8)9;/h13-35,38H,1-12H3;/q-3;. The minimum Gasteiger partial charge on any atom is -0.509 e. The van der Waals surface area contributed by atoms with Crippen LogP contribution in [-0.2, 0) is 42.7 Å². The molecule has 8 nitrogen and oxygen atoms in total. The van der Waals surface area contributed by atoms with Crippen LogP contribution in [0.25, 0.3) is 50.1 Å². The Hall–Kier alpha value is -6.63. The van der Waals surface area contributed by atoms with E-state index in [4.69, 9.17) is 24.7 Å². The van der Waals surface area contributed by atoms with E-state index in [1.165, 1.54) is 22.3 Å². The second-order valence-electron chi connectivity index (χ2n) is 22.3. The largest absolute Gasteiger partial charge is 0.509 e. The molecule has 9 aromatic rings. The van der Waals surface area contributed by atoms with Crippen molar-refractivity contribution in [1.29, 1.82) is 0 Å². The van der Waals surface area contributed by atoms with Gasteiger partial charge in [0.05, 0.1) is 17.1 Å². The Kier molecular flexibility index (Phi) is 12.4. The van der Waals surface area contributed by atoms with E-state index in [1.807, 2.05) is 49.1 Å². The fraction of sp³-hybridized carbons (Fsp3) is 0.262. The molecule has 0 bridgehead atoms. The number of para-hydroxylation sites is 1. The van der Waals surface area contributed by atoms with Gasteiger partial charge in [-0.15, -0.1) is 48.1 Å².